The summed E-state index contributed by atoms with van der Waals surface area (Å²) in [6.07, 6.45) is 1.46. The summed E-state index contributed by atoms with van der Waals surface area (Å²) < 4.78 is 34.1. The van der Waals surface area contributed by atoms with E-state index in [9.17, 15) is 8.42 Å². The van der Waals surface area contributed by atoms with Gasteiger partial charge in [0.2, 0.25) is 0 Å². The molecule has 9 heteroatoms. The van der Waals surface area contributed by atoms with Crippen LogP contribution in [0, 0.1) is 11.3 Å². The summed E-state index contributed by atoms with van der Waals surface area (Å²) >= 11 is 0. The van der Waals surface area contributed by atoms with Crippen molar-refractivity contribution in [1.29, 1.82) is 5.26 Å². The largest absolute Gasteiger partial charge is 0.379 e. The Morgan fingerprint density at radius 3 is 2.78 bits per heavy atom. The fourth-order valence-electron chi connectivity index (χ4n) is 1.62. The van der Waals surface area contributed by atoms with Crippen molar-refractivity contribution < 1.29 is 13.2 Å². The van der Waals surface area contributed by atoms with Crippen LogP contribution in [0.25, 0.3) is 0 Å². The predicted molar refractivity (Wildman–Crippen MR) is 62.9 cm³/mol. The first kappa shape index (κ1) is 12.8. The van der Waals surface area contributed by atoms with Crippen LogP contribution in [0.3, 0.4) is 0 Å². The average molecular weight is 271 g/mol. The molecule has 2 heterocycles. The predicted octanol–water partition coefficient (Wildman–Crippen LogP) is -0.719. The lowest BCUT2D eigenvalue weighted by Crippen LogP contribution is -2.43. The van der Waals surface area contributed by atoms with Crippen molar-refractivity contribution in [2.24, 2.45) is 7.05 Å². The van der Waals surface area contributed by atoms with Crippen LogP contribution in [-0.2, 0) is 22.0 Å². The molecule has 2 rings (SSSR count). The van der Waals surface area contributed by atoms with Gasteiger partial charge < -0.3 is 4.74 Å². The van der Waals surface area contributed by atoms with Gasteiger partial charge in [-0.15, -0.1) is 0 Å². The monoisotopic (exact) mass is 271 g/mol. The summed E-state index contributed by atoms with van der Waals surface area (Å²) in [5.74, 6) is 0.0477. The highest BCUT2D eigenvalue weighted by Gasteiger charge is 2.26. The van der Waals surface area contributed by atoms with Crippen LogP contribution in [0.4, 0.5) is 5.82 Å². The molecule has 0 aromatic carbocycles. The summed E-state index contributed by atoms with van der Waals surface area (Å²) in [6.45, 7) is 1.33. The minimum atomic E-state index is -3.68. The normalized spacial score (nSPS) is 17.3. The van der Waals surface area contributed by atoms with E-state index in [0.29, 0.717) is 26.3 Å². The van der Waals surface area contributed by atoms with Gasteiger partial charge in [0, 0.05) is 26.3 Å². The van der Waals surface area contributed by atoms with Crippen molar-refractivity contribution in [3.05, 3.63) is 11.8 Å². The number of hydrogen-bond donors (Lipinski definition) is 1. The molecule has 1 aromatic heterocycles. The second-order valence-corrected chi connectivity index (χ2v) is 5.47. The molecule has 1 fully saturated rings. The molecular weight excluding hydrogens is 258 g/mol. The quantitative estimate of drug-likeness (QED) is 0.782. The van der Waals surface area contributed by atoms with Gasteiger partial charge in [0.05, 0.1) is 13.2 Å². The number of aryl methyl sites for hydroxylation is 1. The van der Waals surface area contributed by atoms with E-state index < -0.39 is 10.2 Å². The molecule has 0 aliphatic carbocycles. The molecule has 18 heavy (non-hydrogen) atoms. The highest BCUT2D eigenvalue weighted by Crippen LogP contribution is 2.15. The van der Waals surface area contributed by atoms with E-state index in [1.54, 1.807) is 7.05 Å². The van der Waals surface area contributed by atoms with Crippen molar-refractivity contribution in [2.45, 2.75) is 0 Å². The minimum Gasteiger partial charge on any atom is -0.379 e. The zero-order valence-corrected chi connectivity index (χ0v) is 10.6. The van der Waals surface area contributed by atoms with Gasteiger partial charge in [-0.2, -0.15) is 23.1 Å². The lowest BCUT2D eigenvalue weighted by molar-refractivity contribution is 0.0733. The van der Waals surface area contributed by atoms with Crippen LogP contribution in [0.5, 0.6) is 0 Å². The lowest BCUT2D eigenvalue weighted by atomic mass is 10.4. The Hall–Kier alpha value is -1.63. The number of nitrogens with one attached hydrogen (secondary N) is 1. The Labute approximate surface area is 105 Å². The van der Waals surface area contributed by atoms with Crippen LogP contribution >= 0.6 is 0 Å². The van der Waals surface area contributed by atoms with Crippen LogP contribution in [-0.4, -0.2) is 48.8 Å². The van der Waals surface area contributed by atoms with Gasteiger partial charge in [0.1, 0.15) is 11.6 Å². The van der Waals surface area contributed by atoms with Crippen molar-refractivity contribution in [2.75, 3.05) is 31.0 Å². The summed E-state index contributed by atoms with van der Waals surface area (Å²) in [6, 6.07) is 1.89. The molecule has 0 amide bonds. The van der Waals surface area contributed by atoms with Crippen molar-refractivity contribution in [1.82, 2.24) is 14.1 Å². The van der Waals surface area contributed by atoms with Crippen molar-refractivity contribution in [3.63, 3.8) is 0 Å². The summed E-state index contributed by atoms with van der Waals surface area (Å²) in [4.78, 5) is 0. The lowest BCUT2D eigenvalue weighted by Gasteiger charge is -2.25. The van der Waals surface area contributed by atoms with E-state index in [1.165, 1.54) is 15.2 Å². The van der Waals surface area contributed by atoms with E-state index in [0.717, 1.165) is 0 Å². The van der Waals surface area contributed by atoms with E-state index in [1.807, 2.05) is 6.07 Å². The Balaban J connectivity index is 2.19. The molecule has 1 saturated heterocycles. The third kappa shape index (κ3) is 2.61. The molecule has 0 radical (unpaired) electrons. The van der Waals surface area contributed by atoms with Gasteiger partial charge in [-0.1, -0.05) is 0 Å². The molecule has 1 aliphatic heterocycles. The van der Waals surface area contributed by atoms with Gasteiger partial charge in [0.15, 0.2) is 5.82 Å². The first-order valence-electron chi connectivity index (χ1n) is 5.32. The Kier molecular flexibility index (Phi) is 3.51. The van der Waals surface area contributed by atoms with Crippen molar-refractivity contribution in [3.8, 4) is 6.07 Å². The molecular formula is C9H13N5O3S. The molecule has 0 saturated carbocycles. The van der Waals surface area contributed by atoms with Crippen LogP contribution in [0.15, 0.2) is 6.20 Å². The second-order valence-electron chi connectivity index (χ2n) is 3.80. The summed E-state index contributed by atoms with van der Waals surface area (Å²) in [5, 5.41) is 12.8. The Morgan fingerprint density at radius 2 is 2.17 bits per heavy atom. The number of nitriles is 1. The van der Waals surface area contributed by atoms with Crippen LogP contribution in [0.2, 0.25) is 0 Å². The molecule has 8 nitrogen and oxygen atoms in total. The maximum absolute atomic E-state index is 12.0. The fraction of sp³-hybridized carbons (Fsp3) is 0.556. The van der Waals surface area contributed by atoms with Gasteiger partial charge in [0.25, 0.3) is 0 Å². The number of ether oxygens (including phenoxy) is 1. The van der Waals surface area contributed by atoms with Gasteiger partial charge in [-0.3, -0.25) is 9.40 Å². The third-order valence-corrected chi connectivity index (χ3v) is 3.98. The minimum absolute atomic E-state index is 0.0477. The number of hydrogen-bond acceptors (Lipinski definition) is 5. The second kappa shape index (κ2) is 4.93. The number of aromatic nitrogens is 2. The van der Waals surface area contributed by atoms with E-state index in [2.05, 4.69) is 9.82 Å². The fourth-order valence-corrected chi connectivity index (χ4v) is 2.77. The molecule has 0 atom stereocenters. The molecule has 1 aromatic rings. The number of rotatable bonds is 3. The summed E-state index contributed by atoms with van der Waals surface area (Å²) in [7, 11) is -2.06. The third-order valence-electron chi connectivity index (χ3n) is 2.48. The molecule has 1 N–H and O–H groups in total. The number of morpholine rings is 1. The smallest absolute Gasteiger partial charge is 0.303 e. The van der Waals surface area contributed by atoms with Crippen molar-refractivity contribution >= 4 is 16.0 Å². The number of anilines is 1. The van der Waals surface area contributed by atoms with E-state index in [-0.39, 0.29) is 11.4 Å². The van der Waals surface area contributed by atoms with E-state index >= 15 is 0 Å². The van der Waals surface area contributed by atoms with Gasteiger partial charge >= 0.3 is 10.2 Å². The highest BCUT2D eigenvalue weighted by molar-refractivity contribution is 7.90. The maximum Gasteiger partial charge on any atom is 0.303 e. The van der Waals surface area contributed by atoms with E-state index in [4.69, 9.17) is 10.00 Å². The summed E-state index contributed by atoms with van der Waals surface area (Å²) in [5.41, 5.74) is 0.189. The topological polar surface area (TPSA) is 100 Å². The maximum atomic E-state index is 12.0. The zero-order chi connectivity index (χ0) is 13.2. The Bertz CT molecular complexity index is 568. The zero-order valence-electron chi connectivity index (χ0n) is 9.83. The molecule has 0 spiro atoms. The van der Waals surface area contributed by atoms with Crippen LogP contribution < -0.4 is 4.72 Å². The molecule has 98 valence electrons. The van der Waals surface area contributed by atoms with Gasteiger partial charge in [-0.25, -0.2) is 0 Å². The molecule has 1 aliphatic rings. The van der Waals surface area contributed by atoms with Gasteiger partial charge in [-0.05, 0) is 0 Å². The standard InChI is InChI=1S/C9H13N5O3S/c1-13-7-8(6-10)9(11-13)12-18(15,16)14-2-4-17-5-3-14/h7H,2-5H2,1H3,(H,11,12). The number of nitrogens with zero attached hydrogens (tertiary/aromatic N) is 4. The van der Waals surface area contributed by atoms with Crippen LogP contribution in [0.1, 0.15) is 5.56 Å². The molecule has 0 bridgehead atoms. The SMILES string of the molecule is Cn1cc(C#N)c(NS(=O)(=O)N2CCOCC2)n1. The first-order chi connectivity index (χ1) is 8.53. The Morgan fingerprint density at radius 1 is 1.50 bits per heavy atom. The molecule has 0 unspecified atom stereocenters. The highest BCUT2D eigenvalue weighted by atomic mass is 32.2. The average Bonchev–Trinajstić information content (AvgIpc) is 2.70. The first-order valence-corrected chi connectivity index (χ1v) is 6.76.